The Labute approximate surface area is 76.9 Å². The first-order chi connectivity index (χ1) is 5.97. The van der Waals surface area contributed by atoms with E-state index in [1.165, 1.54) is 12.5 Å². The fraction of sp³-hybridized carbons (Fsp3) is 0.429. The molecule has 0 amide bonds. The van der Waals surface area contributed by atoms with E-state index in [1.54, 1.807) is 6.07 Å². The first-order valence-electron chi connectivity index (χ1n) is 3.72. The lowest BCUT2D eigenvalue weighted by molar-refractivity contribution is 0.600. The number of nitrogens with two attached hydrogens (primary N) is 1. The quantitative estimate of drug-likeness (QED) is 0.722. The second-order valence-electron chi connectivity index (χ2n) is 2.78. The minimum Gasteiger partial charge on any atom is -0.384 e. The molecule has 0 aliphatic rings. The molecule has 0 spiro atoms. The molecule has 5 nitrogen and oxygen atoms in total. The largest absolute Gasteiger partial charge is 0.384 e. The average Bonchev–Trinajstić information content (AvgIpc) is 2.00. The number of sulfone groups is 1. The molecule has 0 unspecified atom stereocenters. The van der Waals surface area contributed by atoms with Gasteiger partial charge in [0, 0.05) is 18.9 Å². The molecule has 0 aliphatic carbocycles. The van der Waals surface area contributed by atoms with Crippen molar-refractivity contribution in [1.82, 2.24) is 9.97 Å². The lowest BCUT2D eigenvalue weighted by Gasteiger charge is -1.98. The second kappa shape index (κ2) is 3.69. The Morgan fingerprint density at radius 2 is 2.23 bits per heavy atom. The molecule has 0 saturated carbocycles. The van der Waals surface area contributed by atoms with Crippen LogP contribution in [-0.2, 0) is 16.3 Å². The Morgan fingerprint density at radius 3 is 2.77 bits per heavy atom. The molecule has 0 radical (unpaired) electrons. The zero-order valence-corrected chi connectivity index (χ0v) is 8.08. The maximum absolute atomic E-state index is 10.8. The first kappa shape index (κ1) is 9.91. The summed E-state index contributed by atoms with van der Waals surface area (Å²) < 4.78 is 21.6. The summed E-state index contributed by atoms with van der Waals surface area (Å²) in [4.78, 5) is 7.77. The number of hydrogen-bond donors (Lipinski definition) is 1. The molecule has 0 fully saturated rings. The van der Waals surface area contributed by atoms with Crippen molar-refractivity contribution < 1.29 is 8.42 Å². The van der Waals surface area contributed by atoms with E-state index in [0.29, 0.717) is 18.1 Å². The van der Waals surface area contributed by atoms with Crippen LogP contribution in [0.3, 0.4) is 0 Å². The maximum Gasteiger partial charge on any atom is 0.147 e. The second-order valence-corrected chi connectivity index (χ2v) is 5.04. The third-order valence-corrected chi connectivity index (χ3v) is 2.37. The lowest BCUT2D eigenvalue weighted by atomic mass is 10.4. The van der Waals surface area contributed by atoms with Gasteiger partial charge in [0.2, 0.25) is 0 Å². The molecule has 1 aromatic rings. The smallest absolute Gasteiger partial charge is 0.147 e. The van der Waals surface area contributed by atoms with E-state index in [1.807, 2.05) is 0 Å². The van der Waals surface area contributed by atoms with E-state index in [9.17, 15) is 8.42 Å². The molecule has 72 valence electrons. The summed E-state index contributed by atoms with van der Waals surface area (Å²) in [6.07, 6.45) is 3.00. The molecule has 1 aromatic heterocycles. The third-order valence-electron chi connectivity index (χ3n) is 1.42. The molecular weight excluding hydrogens is 190 g/mol. The van der Waals surface area contributed by atoms with Gasteiger partial charge in [0.15, 0.2) is 0 Å². The summed E-state index contributed by atoms with van der Waals surface area (Å²) in [7, 11) is -2.96. The van der Waals surface area contributed by atoms with Crippen LogP contribution in [0, 0.1) is 0 Å². The summed E-state index contributed by atoms with van der Waals surface area (Å²) in [6.45, 7) is 0. The van der Waals surface area contributed by atoms with Gasteiger partial charge in [-0.15, -0.1) is 0 Å². The van der Waals surface area contributed by atoms with Gasteiger partial charge in [-0.05, 0) is 6.07 Å². The molecule has 1 rings (SSSR count). The monoisotopic (exact) mass is 201 g/mol. The SMILES string of the molecule is CS(=O)(=O)CCc1nccc(N)n1. The van der Waals surface area contributed by atoms with Crippen LogP contribution in [-0.4, -0.2) is 30.4 Å². The number of nitrogens with zero attached hydrogens (tertiary/aromatic N) is 2. The van der Waals surface area contributed by atoms with E-state index in [2.05, 4.69) is 9.97 Å². The zero-order valence-electron chi connectivity index (χ0n) is 7.27. The highest BCUT2D eigenvalue weighted by Crippen LogP contribution is 1.98. The molecule has 0 aliphatic heterocycles. The van der Waals surface area contributed by atoms with Crippen LogP contribution in [0.4, 0.5) is 5.82 Å². The normalized spacial score (nSPS) is 11.5. The number of rotatable bonds is 3. The topological polar surface area (TPSA) is 85.9 Å². The molecule has 0 saturated heterocycles. The van der Waals surface area contributed by atoms with Crippen LogP contribution in [0.5, 0.6) is 0 Å². The minimum atomic E-state index is -2.96. The van der Waals surface area contributed by atoms with Crippen LogP contribution in [0.1, 0.15) is 5.82 Å². The van der Waals surface area contributed by atoms with Gasteiger partial charge in [-0.2, -0.15) is 0 Å². The minimum absolute atomic E-state index is 0.0520. The molecule has 1 heterocycles. The molecule has 0 bridgehead atoms. The van der Waals surface area contributed by atoms with E-state index >= 15 is 0 Å². The van der Waals surface area contributed by atoms with E-state index < -0.39 is 9.84 Å². The van der Waals surface area contributed by atoms with E-state index in [4.69, 9.17) is 5.73 Å². The zero-order chi connectivity index (χ0) is 9.90. The van der Waals surface area contributed by atoms with Gasteiger partial charge in [-0.3, -0.25) is 0 Å². The third kappa shape index (κ3) is 3.84. The van der Waals surface area contributed by atoms with Crippen LogP contribution in [0.2, 0.25) is 0 Å². The predicted octanol–water partition coefficient (Wildman–Crippen LogP) is -0.354. The fourth-order valence-electron chi connectivity index (χ4n) is 0.812. The van der Waals surface area contributed by atoms with Crippen molar-refractivity contribution >= 4 is 15.7 Å². The number of anilines is 1. The van der Waals surface area contributed by atoms with Crippen molar-refractivity contribution in [3.05, 3.63) is 18.1 Å². The summed E-state index contributed by atoms with van der Waals surface area (Å²) in [5.74, 6) is 0.875. The van der Waals surface area contributed by atoms with Crippen molar-refractivity contribution in [3.63, 3.8) is 0 Å². The lowest BCUT2D eigenvalue weighted by Crippen LogP contribution is -2.08. The van der Waals surface area contributed by atoms with Gasteiger partial charge < -0.3 is 5.73 Å². The maximum atomic E-state index is 10.8. The summed E-state index contributed by atoms with van der Waals surface area (Å²) in [5, 5.41) is 0. The molecular formula is C7H11N3O2S. The Hall–Kier alpha value is -1.17. The van der Waals surface area contributed by atoms with Gasteiger partial charge in [0.25, 0.3) is 0 Å². The molecule has 13 heavy (non-hydrogen) atoms. The van der Waals surface area contributed by atoms with Gasteiger partial charge in [-0.1, -0.05) is 0 Å². The highest BCUT2D eigenvalue weighted by atomic mass is 32.2. The molecule has 0 aromatic carbocycles. The van der Waals surface area contributed by atoms with Crippen LogP contribution in [0.25, 0.3) is 0 Å². The molecule has 6 heteroatoms. The number of hydrogen-bond acceptors (Lipinski definition) is 5. The fourth-order valence-corrected chi connectivity index (χ4v) is 1.37. The average molecular weight is 201 g/mol. The summed E-state index contributed by atoms with van der Waals surface area (Å²) in [5.41, 5.74) is 5.40. The Kier molecular flexibility index (Phi) is 2.82. The predicted molar refractivity (Wildman–Crippen MR) is 49.9 cm³/mol. The first-order valence-corrected chi connectivity index (χ1v) is 5.78. The highest BCUT2D eigenvalue weighted by Gasteiger charge is 2.04. The van der Waals surface area contributed by atoms with Crippen molar-refractivity contribution in [2.24, 2.45) is 0 Å². The van der Waals surface area contributed by atoms with Crippen molar-refractivity contribution in [1.29, 1.82) is 0 Å². The van der Waals surface area contributed by atoms with Crippen LogP contribution < -0.4 is 5.73 Å². The standard InChI is InChI=1S/C7H11N3O2S/c1-13(11,12)5-3-7-9-4-2-6(8)10-7/h2,4H,3,5H2,1H3,(H2,8,9,10). The Balaban J connectivity index is 2.65. The van der Waals surface area contributed by atoms with Crippen LogP contribution >= 0.6 is 0 Å². The van der Waals surface area contributed by atoms with Gasteiger partial charge >= 0.3 is 0 Å². The number of nitrogen functional groups attached to an aromatic ring is 1. The number of aryl methyl sites for hydroxylation is 1. The Morgan fingerprint density at radius 1 is 1.54 bits per heavy atom. The van der Waals surface area contributed by atoms with Crippen molar-refractivity contribution in [2.45, 2.75) is 6.42 Å². The van der Waals surface area contributed by atoms with Crippen molar-refractivity contribution in [3.8, 4) is 0 Å². The summed E-state index contributed by atoms with van der Waals surface area (Å²) in [6, 6.07) is 1.56. The highest BCUT2D eigenvalue weighted by molar-refractivity contribution is 7.90. The van der Waals surface area contributed by atoms with Gasteiger partial charge in [-0.25, -0.2) is 18.4 Å². The Bertz CT molecular complexity index is 388. The molecule has 0 atom stereocenters. The van der Waals surface area contributed by atoms with Gasteiger partial charge in [0.05, 0.1) is 5.75 Å². The van der Waals surface area contributed by atoms with E-state index in [0.717, 1.165) is 0 Å². The summed E-state index contributed by atoms with van der Waals surface area (Å²) >= 11 is 0. The van der Waals surface area contributed by atoms with Crippen LogP contribution in [0.15, 0.2) is 12.3 Å². The van der Waals surface area contributed by atoms with E-state index in [-0.39, 0.29) is 5.75 Å². The van der Waals surface area contributed by atoms with Crippen molar-refractivity contribution in [2.75, 3.05) is 17.7 Å². The number of aromatic nitrogens is 2. The molecule has 2 N–H and O–H groups in total. The van der Waals surface area contributed by atoms with Gasteiger partial charge in [0.1, 0.15) is 21.5 Å².